The Labute approximate surface area is 124 Å². The smallest absolute Gasteiger partial charge is 0.145 e. The van der Waals surface area contributed by atoms with Gasteiger partial charge in [-0.05, 0) is 25.5 Å². The highest BCUT2D eigenvalue weighted by atomic mass is 32.2. The summed E-state index contributed by atoms with van der Waals surface area (Å²) in [6.45, 7) is 3.73. The van der Waals surface area contributed by atoms with Gasteiger partial charge >= 0.3 is 0 Å². The summed E-state index contributed by atoms with van der Waals surface area (Å²) in [5.74, 6) is 0.00236. The summed E-state index contributed by atoms with van der Waals surface area (Å²) >= 11 is 0. The van der Waals surface area contributed by atoms with E-state index in [1.54, 1.807) is 18.3 Å². The molecule has 0 radical (unpaired) electrons. The molecule has 3 nitrogen and oxygen atoms in total. The van der Waals surface area contributed by atoms with Crippen molar-refractivity contribution in [1.29, 1.82) is 0 Å². The largest absolute Gasteiger partial charge is 0.299 e. The topological polar surface area (TPSA) is 47.0 Å². The number of aromatic nitrogens is 1. The molecule has 0 bridgehead atoms. The first-order valence-electron chi connectivity index (χ1n) is 7.49. The van der Waals surface area contributed by atoms with E-state index in [9.17, 15) is 9.00 Å². The van der Waals surface area contributed by atoms with Crippen LogP contribution in [0.15, 0.2) is 29.4 Å². The molecule has 0 fully saturated rings. The molecule has 0 aromatic carbocycles. The van der Waals surface area contributed by atoms with Crippen LogP contribution in [0.25, 0.3) is 0 Å². The van der Waals surface area contributed by atoms with E-state index >= 15 is 0 Å². The van der Waals surface area contributed by atoms with E-state index in [1.165, 1.54) is 32.6 Å². The van der Waals surface area contributed by atoms with Gasteiger partial charge in [-0.1, -0.05) is 51.5 Å². The molecule has 0 aliphatic carbocycles. The van der Waals surface area contributed by atoms with Gasteiger partial charge in [0.05, 0.1) is 16.0 Å². The molecule has 0 N–H and O–H groups in total. The van der Waals surface area contributed by atoms with Gasteiger partial charge in [0.25, 0.3) is 0 Å². The first kappa shape index (κ1) is 17.0. The fourth-order valence-electron chi connectivity index (χ4n) is 2.18. The Balaban J connectivity index is 2.45. The molecule has 0 amide bonds. The lowest BCUT2D eigenvalue weighted by molar-refractivity contribution is -0.116. The highest BCUT2D eigenvalue weighted by molar-refractivity contribution is 7.86. The van der Waals surface area contributed by atoms with Gasteiger partial charge in [0.15, 0.2) is 0 Å². The number of hydrogen-bond donors (Lipinski definition) is 0. The van der Waals surface area contributed by atoms with E-state index in [-0.39, 0.29) is 5.78 Å². The van der Waals surface area contributed by atoms with Gasteiger partial charge in [0.1, 0.15) is 10.8 Å². The summed E-state index contributed by atoms with van der Waals surface area (Å²) in [4.78, 5) is 15.8. The molecule has 1 aromatic rings. The van der Waals surface area contributed by atoms with E-state index in [0.717, 1.165) is 12.8 Å². The van der Waals surface area contributed by atoms with Crippen molar-refractivity contribution in [3.63, 3.8) is 0 Å². The first-order chi connectivity index (χ1) is 9.66. The second-order valence-electron chi connectivity index (χ2n) is 5.12. The molecule has 20 heavy (non-hydrogen) atoms. The minimum atomic E-state index is -1.32. The van der Waals surface area contributed by atoms with Crippen molar-refractivity contribution >= 4 is 16.6 Å². The van der Waals surface area contributed by atoms with Crippen molar-refractivity contribution < 1.29 is 9.00 Å². The Morgan fingerprint density at radius 1 is 1.20 bits per heavy atom. The summed E-state index contributed by atoms with van der Waals surface area (Å²) in [5.41, 5.74) is 0. The highest BCUT2D eigenvalue weighted by Gasteiger charge is 2.23. The van der Waals surface area contributed by atoms with Crippen LogP contribution >= 0.6 is 0 Å². The van der Waals surface area contributed by atoms with Gasteiger partial charge in [-0.2, -0.15) is 0 Å². The molecule has 112 valence electrons. The number of carbonyl (C=O) groups is 1. The van der Waals surface area contributed by atoms with Crippen molar-refractivity contribution in [2.45, 2.75) is 69.1 Å². The van der Waals surface area contributed by atoms with E-state index in [4.69, 9.17) is 0 Å². The Hall–Kier alpha value is -1.03. The maximum atomic E-state index is 12.4. The fraction of sp³-hybridized carbons (Fsp3) is 0.625. The van der Waals surface area contributed by atoms with Crippen molar-refractivity contribution in [2.24, 2.45) is 0 Å². The van der Waals surface area contributed by atoms with Crippen LogP contribution in [0.4, 0.5) is 0 Å². The molecule has 1 heterocycles. The van der Waals surface area contributed by atoms with Crippen LogP contribution < -0.4 is 0 Å². The van der Waals surface area contributed by atoms with E-state index in [2.05, 4.69) is 11.9 Å². The lowest BCUT2D eigenvalue weighted by atomic mass is 10.1. The van der Waals surface area contributed by atoms with Gasteiger partial charge in [-0.25, -0.2) is 4.98 Å². The average Bonchev–Trinajstić information content (AvgIpc) is 2.46. The molecule has 1 rings (SSSR count). The molecule has 1 aromatic heterocycles. The van der Waals surface area contributed by atoms with Crippen LogP contribution in [0.1, 0.15) is 58.8 Å². The molecule has 0 aliphatic heterocycles. The minimum absolute atomic E-state index is 0.00236. The van der Waals surface area contributed by atoms with E-state index in [0.29, 0.717) is 11.4 Å². The van der Waals surface area contributed by atoms with Crippen molar-refractivity contribution in [2.75, 3.05) is 0 Å². The Kier molecular flexibility index (Phi) is 8.35. The SMILES string of the molecule is CCCCCCCCC(C(C)=O)S(=O)c1ccccn1. The zero-order chi connectivity index (χ0) is 14.8. The minimum Gasteiger partial charge on any atom is -0.299 e. The Morgan fingerprint density at radius 3 is 2.50 bits per heavy atom. The lowest BCUT2D eigenvalue weighted by Crippen LogP contribution is -2.24. The van der Waals surface area contributed by atoms with Crippen molar-refractivity contribution in [3.05, 3.63) is 24.4 Å². The highest BCUT2D eigenvalue weighted by Crippen LogP contribution is 2.16. The molecule has 0 saturated carbocycles. The quantitative estimate of drug-likeness (QED) is 0.615. The standard InChI is InChI=1S/C16H25NO2S/c1-3-4-5-6-7-8-11-15(14(2)18)20(19)16-12-9-10-13-17-16/h9-10,12-13,15H,3-8,11H2,1-2H3. The summed E-state index contributed by atoms with van der Waals surface area (Å²) in [7, 11) is -1.32. The number of unbranched alkanes of at least 4 members (excludes halogenated alkanes) is 5. The second kappa shape index (κ2) is 9.81. The molecule has 2 unspecified atom stereocenters. The zero-order valence-electron chi connectivity index (χ0n) is 12.5. The molecular weight excluding hydrogens is 270 g/mol. The van der Waals surface area contributed by atoms with Gasteiger partial charge in [-0.15, -0.1) is 0 Å². The predicted octanol–water partition coefficient (Wildman–Crippen LogP) is 3.90. The number of ketones is 1. The normalized spacial score (nSPS) is 13.9. The van der Waals surface area contributed by atoms with Crippen LogP contribution in [-0.2, 0) is 15.6 Å². The molecule has 0 saturated heterocycles. The Bertz CT molecular complexity index is 420. The number of Topliss-reactive ketones (excluding diaryl/α,β-unsaturated/α-hetero) is 1. The molecule has 0 spiro atoms. The monoisotopic (exact) mass is 295 g/mol. The van der Waals surface area contributed by atoms with E-state index in [1.807, 2.05) is 6.07 Å². The summed E-state index contributed by atoms with van der Waals surface area (Å²) in [6, 6.07) is 5.33. The second-order valence-corrected chi connectivity index (χ2v) is 6.70. The van der Waals surface area contributed by atoms with Crippen molar-refractivity contribution in [3.8, 4) is 0 Å². The molecule has 4 heteroatoms. The van der Waals surface area contributed by atoms with E-state index < -0.39 is 16.0 Å². The zero-order valence-corrected chi connectivity index (χ0v) is 13.3. The molecule has 2 atom stereocenters. The average molecular weight is 295 g/mol. The van der Waals surface area contributed by atoms with Crippen LogP contribution in [0.3, 0.4) is 0 Å². The Morgan fingerprint density at radius 2 is 1.90 bits per heavy atom. The molecular formula is C16H25NO2S. The third kappa shape index (κ3) is 5.95. The van der Waals surface area contributed by atoms with Crippen LogP contribution in [0.2, 0.25) is 0 Å². The lowest BCUT2D eigenvalue weighted by Gasteiger charge is -2.12. The van der Waals surface area contributed by atoms with Gasteiger partial charge in [0.2, 0.25) is 0 Å². The van der Waals surface area contributed by atoms with Gasteiger partial charge in [0, 0.05) is 6.20 Å². The number of carbonyl (C=O) groups excluding carboxylic acids is 1. The third-order valence-corrected chi connectivity index (χ3v) is 5.11. The summed E-state index contributed by atoms with van der Waals surface area (Å²) < 4.78 is 12.4. The fourth-order valence-corrected chi connectivity index (χ4v) is 3.53. The summed E-state index contributed by atoms with van der Waals surface area (Å²) in [5, 5.41) is 0.106. The maximum absolute atomic E-state index is 12.4. The van der Waals surface area contributed by atoms with Crippen LogP contribution in [0.5, 0.6) is 0 Å². The van der Waals surface area contributed by atoms with Gasteiger partial charge < -0.3 is 0 Å². The number of nitrogens with zero attached hydrogens (tertiary/aromatic N) is 1. The first-order valence-corrected chi connectivity index (χ1v) is 8.70. The summed E-state index contributed by atoms with van der Waals surface area (Å²) in [6.07, 6.45) is 9.37. The van der Waals surface area contributed by atoms with Gasteiger partial charge in [-0.3, -0.25) is 9.00 Å². The van der Waals surface area contributed by atoms with Crippen LogP contribution in [-0.4, -0.2) is 20.2 Å². The number of rotatable bonds is 10. The van der Waals surface area contributed by atoms with Crippen LogP contribution in [0, 0.1) is 0 Å². The number of pyridine rings is 1. The predicted molar refractivity (Wildman–Crippen MR) is 83.1 cm³/mol. The third-order valence-electron chi connectivity index (χ3n) is 3.38. The number of hydrogen-bond acceptors (Lipinski definition) is 3. The molecule has 0 aliphatic rings. The maximum Gasteiger partial charge on any atom is 0.145 e. The van der Waals surface area contributed by atoms with Crippen molar-refractivity contribution in [1.82, 2.24) is 4.98 Å².